The van der Waals surface area contributed by atoms with E-state index in [1.165, 1.54) is 19.3 Å². The molecule has 0 bridgehead atoms. The highest BCUT2D eigenvalue weighted by Crippen LogP contribution is 2.42. The second kappa shape index (κ2) is 4.62. The number of anilines is 1. The first-order valence-corrected chi connectivity index (χ1v) is 6.70. The molecular weight excluding hydrogens is 224 g/mol. The first-order valence-electron chi connectivity index (χ1n) is 6.70. The number of hydrogen-bond acceptors (Lipinski definition) is 3. The summed E-state index contributed by atoms with van der Waals surface area (Å²) < 4.78 is 5.92. The maximum Gasteiger partial charge on any atom is 0.0992 e. The fourth-order valence-electron chi connectivity index (χ4n) is 2.98. The number of nitrogens with one attached hydrogen (secondary N) is 1. The second-order valence-electron chi connectivity index (χ2n) is 5.41. The third kappa shape index (κ3) is 2.21. The van der Waals surface area contributed by atoms with Crippen molar-refractivity contribution in [3.63, 3.8) is 0 Å². The molecule has 1 N–H and O–H groups in total. The molecule has 3 heteroatoms. The Kier molecular flexibility index (Phi) is 2.97. The molecule has 1 heterocycles. The average molecular weight is 242 g/mol. The number of benzene rings is 1. The predicted molar refractivity (Wildman–Crippen MR) is 70.3 cm³/mol. The summed E-state index contributed by atoms with van der Waals surface area (Å²) in [4.78, 5) is 0. The average Bonchev–Trinajstić information content (AvgIpc) is 2.37. The largest absolute Gasteiger partial charge is 0.382 e. The van der Waals surface area contributed by atoms with Gasteiger partial charge in [0.2, 0.25) is 0 Å². The zero-order valence-electron chi connectivity index (χ0n) is 10.5. The molecule has 94 valence electrons. The molecule has 2 aliphatic rings. The van der Waals surface area contributed by atoms with Crippen molar-refractivity contribution in [3.05, 3.63) is 29.8 Å². The lowest BCUT2D eigenvalue weighted by Crippen LogP contribution is -2.49. The van der Waals surface area contributed by atoms with Gasteiger partial charge >= 0.3 is 0 Å². The van der Waals surface area contributed by atoms with Crippen molar-refractivity contribution in [1.29, 1.82) is 5.26 Å². The van der Waals surface area contributed by atoms with Gasteiger partial charge in [0, 0.05) is 18.3 Å². The van der Waals surface area contributed by atoms with Crippen molar-refractivity contribution in [2.45, 2.75) is 43.7 Å². The number of rotatable bonds is 2. The molecule has 1 aliphatic carbocycles. The van der Waals surface area contributed by atoms with Crippen LogP contribution in [0.4, 0.5) is 5.69 Å². The van der Waals surface area contributed by atoms with E-state index in [1.54, 1.807) is 0 Å². The van der Waals surface area contributed by atoms with E-state index in [0.717, 1.165) is 25.1 Å². The Hall–Kier alpha value is -1.53. The van der Waals surface area contributed by atoms with E-state index >= 15 is 0 Å². The molecular formula is C15H18N2O. The minimum Gasteiger partial charge on any atom is -0.382 e. The third-order valence-corrected chi connectivity index (χ3v) is 4.12. The van der Waals surface area contributed by atoms with Gasteiger partial charge in [0.1, 0.15) is 0 Å². The monoisotopic (exact) mass is 242 g/mol. The van der Waals surface area contributed by atoms with Gasteiger partial charge in [-0.25, -0.2) is 0 Å². The van der Waals surface area contributed by atoms with Crippen LogP contribution < -0.4 is 5.32 Å². The lowest BCUT2D eigenvalue weighted by atomic mass is 9.74. The van der Waals surface area contributed by atoms with Crippen LogP contribution in [0.25, 0.3) is 0 Å². The molecule has 1 aromatic rings. The lowest BCUT2D eigenvalue weighted by Gasteiger charge is -2.47. The van der Waals surface area contributed by atoms with Gasteiger partial charge in [-0.05, 0) is 50.3 Å². The van der Waals surface area contributed by atoms with Crippen LogP contribution in [0.5, 0.6) is 0 Å². The van der Waals surface area contributed by atoms with E-state index in [9.17, 15) is 0 Å². The van der Waals surface area contributed by atoms with Crippen LogP contribution in [0.15, 0.2) is 24.3 Å². The number of nitriles is 1. The quantitative estimate of drug-likeness (QED) is 0.866. The van der Waals surface area contributed by atoms with E-state index in [0.29, 0.717) is 11.6 Å². The van der Waals surface area contributed by atoms with Crippen LogP contribution in [0.2, 0.25) is 0 Å². The second-order valence-corrected chi connectivity index (χ2v) is 5.41. The molecule has 1 saturated carbocycles. The van der Waals surface area contributed by atoms with Gasteiger partial charge in [-0.3, -0.25) is 0 Å². The number of nitrogens with zero attached hydrogens (tertiary/aromatic N) is 1. The highest BCUT2D eigenvalue weighted by molar-refractivity contribution is 5.49. The summed E-state index contributed by atoms with van der Waals surface area (Å²) in [5.74, 6) is 0. The van der Waals surface area contributed by atoms with Crippen LogP contribution >= 0.6 is 0 Å². The highest BCUT2D eigenvalue weighted by Gasteiger charge is 2.42. The lowest BCUT2D eigenvalue weighted by molar-refractivity contribution is -0.130. The highest BCUT2D eigenvalue weighted by atomic mass is 16.5. The van der Waals surface area contributed by atoms with Crippen LogP contribution in [0.1, 0.15) is 37.7 Å². The van der Waals surface area contributed by atoms with Crippen molar-refractivity contribution in [1.82, 2.24) is 0 Å². The molecule has 1 saturated heterocycles. The Morgan fingerprint density at radius 1 is 1.39 bits per heavy atom. The molecule has 18 heavy (non-hydrogen) atoms. The van der Waals surface area contributed by atoms with Crippen molar-refractivity contribution < 1.29 is 4.74 Å². The minimum atomic E-state index is 0.169. The molecule has 0 radical (unpaired) electrons. The molecule has 1 aliphatic heterocycles. The molecule has 1 unspecified atom stereocenters. The van der Waals surface area contributed by atoms with Gasteiger partial charge in [0.25, 0.3) is 0 Å². The zero-order valence-corrected chi connectivity index (χ0v) is 10.5. The SMILES string of the molecule is N#Cc1cccc(NC2CCOC3(CCC3)C2)c1. The minimum absolute atomic E-state index is 0.169. The Bertz CT molecular complexity index is 474. The Morgan fingerprint density at radius 2 is 2.28 bits per heavy atom. The maximum absolute atomic E-state index is 8.90. The van der Waals surface area contributed by atoms with E-state index in [2.05, 4.69) is 11.4 Å². The summed E-state index contributed by atoms with van der Waals surface area (Å²) in [6.07, 6.45) is 5.88. The summed E-state index contributed by atoms with van der Waals surface area (Å²) in [6, 6.07) is 10.4. The van der Waals surface area contributed by atoms with Crippen molar-refractivity contribution in [2.24, 2.45) is 0 Å². The molecule has 0 amide bonds. The fourth-order valence-corrected chi connectivity index (χ4v) is 2.98. The predicted octanol–water partition coefficient (Wildman–Crippen LogP) is 3.07. The fraction of sp³-hybridized carbons (Fsp3) is 0.533. The Balaban J connectivity index is 1.66. The smallest absolute Gasteiger partial charge is 0.0992 e. The van der Waals surface area contributed by atoms with E-state index in [4.69, 9.17) is 10.00 Å². The van der Waals surface area contributed by atoms with Gasteiger partial charge in [0.05, 0.1) is 17.2 Å². The van der Waals surface area contributed by atoms with Crippen LogP contribution in [-0.2, 0) is 4.74 Å². The van der Waals surface area contributed by atoms with E-state index in [1.807, 2.05) is 24.3 Å². The first-order chi connectivity index (χ1) is 8.80. The van der Waals surface area contributed by atoms with Gasteiger partial charge in [0.15, 0.2) is 0 Å². The summed E-state index contributed by atoms with van der Waals surface area (Å²) in [7, 11) is 0. The number of hydrogen-bond donors (Lipinski definition) is 1. The Morgan fingerprint density at radius 3 is 3.00 bits per heavy atom. The van der Waals surface area contributed by atoms with Gasteiger partial charge < -0.3 is 10.1 Å². The van der Waals surface area contributed by atoms with E-state index in [-0.39, 0.29) is 5.60 Å². The van der Waals surface area contributed by atoms with Gasteiger partial charge in [-0.1, -0.05) is 6.07 Å². The summed E-state index contributed by atoms with van der Waals surface area (Å²) in [5.41, 5.74) is 1.93. The van der Waals surface area contributed by atoms with Gasteiger partial charge in [-0.15, -0.1) is 0 Å². The summed E-state index contributed by atoms with van der Waals surface area (Å²) in [5, 5.41) is 12.4. The molecule has 0 aromatic heterocycles. The standard InChI is InChI=1S/C15H18N2O/c16-11-12-3-1-4-13(9-12)17-14-5-8-18-15(10-14)6-2-7-15/h1,3-4,9,14,17H,2,5-8,10H2. The summed E-state index contributed by atoms with van der Waals surface area (Å²) >= 11 is 0. The van der Waals surface area contributed by atoms with Crippen molar-refractivity contribution in [3.8, 4) is 6.07 Å². The van der Waals surface area contributed by atoms with Crippen molar-refractivity contribution in [2.75, 3.05) is 11.9 Å². The van der Waals surface area contributed by atoms with Crippen LogP contribution in [-0.4, -0.2) is 18.2 Å². The number of ether oxygens (including phenoxy) is 1. The van der Waals surface area contributed by atoms with Gasteiger partial charge in [-0.2, -0.15) is 5.26 Å². The molecule has 1 atom stereocenters. The van der Waals surface area contributed by atoms with E-state index < -0.39 is 0 Å². The normalized spacial score (nSPS) is 25.2. The van der Waals surface area contributed by atoms with Crippen molar-refractivity contribution >= 4 is 5.69 Å². The topological polar surface area (TPSA) is 45.0 Å². The maximum atomic E-state index is 8.90. The molecule has 2 fully saturated rings. The summed E-state index contributed by atoms with van der Waals surface area (Å²) in [6.45, 7) is 0.857. The zero-order chi connectivity index (χ0) is 12.4. The third-order valence-electron chi connectivity index (χ3n) is 4.12. The molecule has 1 aromatic carbocycles. The molecule has 3 rings (SSSR count). The van der Waals surface area contributed by atoms with Crippen LogP contribution in [0.3, 0.4) is 0 Å². The van der Waals surface area contributed by atoms with Crippen LogP contribution in [0, 0.1) is 11.3 Å². The molecule has 1 spiro atoms. The first kappa shape index (κ1) is 11.6. The molecule has 3 nitrogen and oxygen atoms in total. The Labute approximate surface area is 108 Å².